The molecule has 0 bridgehead atoms. The number of hydrogen-bond acceptors (Lipinski definition) is 4. The predicted molar refractivity (Wildman–Crippen MR) is 137 cm³/mol. The van der Waals surface area contributed by atoms with E-state index in [1.807, 2.05) is 36.6 Å². The van der Waals surface area contributed by atoms with Crippen LogP contribution >= 0.6 is 23.2 Å². The molecular weight excluding hydrogens is 490 g/mol. The smallest absolute Gasteiger partial charge is 0.277 e. The number of halogens is 3. The number of amides is 1. The Bertz CT molecular complexity index is 1340. The van der Waals surface area contributed by atoms with Crippen molar-refractivity contribution in [1.82, 2.24) is 14.5 Å². The maximum absolute atomic E-state index is 13.2. The fraction of sp³-hybridized carbons (Fsp3) is 0.192. The molecule has 1 amide bonds. The lowest BCUT2D eigenvalue weighted by Crippen LogP contribution is -2.15. The number of ether oxygens (including phenoxy) is 1. The summed E-state index contributed by atoms with van der Waals surface area (Å²) < 4.78 is 19.8. The highest BCUT2D eigenvalue weighted by atomic mass is 35.5. The number of imidazole rings is 1. The molecule has 2 aromatic carbocycles. The Hall–Kier alpha value is -3.42. The van der Waals surface area contributed by atoms with Gasteiger partial charge in [-0.2, -0.15) is 0 Å². The molecule has 0 radical (unpaired) electrons. The van der Waals surface area contributed by atoms with Gasteiger partial charge in [0.1, 0.15) is 17.4 Å². The first-order valence-corrected chi connectivity index (χ1v) is 11.7. The van der Waals surface area contributed by atoms with Crippen LogP contribution in [0.5, 0.6) is 5.75 Å². The van der Waals surface area contributed by atoms with Crippen LogP contribution in [0.2, 0.25) is 10.0 Å². The zero-order valence-electron chi connectivity index (χ0n) is 19.2. The summed E-state index contributed by atoms with van der Waals surface area (Å²) in [4.78, 5) is 22.1. The molecule has 0 unspecified atom stereocenters. The van der Waals surface area contributed by atoms with Gasteiger partial charge in [-0.15, -0.1) is 0 Å². The molecule has 0 saturated heterocycles. The van der Waals surface area contributed by atoms with Crippen LogP contribution in [-0.2, 0) is 0 Å². The summed E-state index contributed by atoms with van der Waals surface area (Å²) in [5.74, 6) is 1.14. The number of benzene rings is 2. The molecule has 6 nitrogen and oxygen atoms in total. The highest BCUT2D eigenvalue weighted by Gasteiger charge is 2.23. The van der Waals surface area contributed by atoms with Crippen LogP contribution in [0.4, 0.5) is 10.2 Å². The molecule has 0 aliphatic rings. The second-order valence-corrected chi connectivity index (χ2v) is 8.73. The fourth-order valence-corrected chi connectivity index (χ4v) is 4.03. The van der Waals surface area contributed by atoms with Gasteiger partial charge in [-0.05, 0) is 67.9 Å². The summed E-state index contributed by atoms with van der Waals surface area (Å²) in [6.45, 7) is 3.59. The zero-order chi connectivity index (χ0) is 24.9. The van der Waals surface area contributed by atoms with Gasteiger partial charge in [0, 0.05) is 28.9 Å². The second kappa shape index (κ2) is 10.9. The number of anilines is 1. The number of carbonyl (C=O) groups is 1. The Morgan fingerprint density at radius 3 is 2.51 bits per heavy atom. The van der Waals surface area contributed by atoms with Crippen LogP contribution in [0.15, 0.2) is 60.8 Å². The molecule has 0 saturated carbocycles. The van der Waals surface area contributed by atoms with Gasteiger partial charge in [-0.3, -0.25) is 13.8 Å². The number of alkyl halides is 1. The van der Waals surface area contributed by atoms with Crippen molar-refractivity contribution in [3.63, 3.8) is 0 Å². The number of pyridine rings is 1. The van der Waals surface area contributed by atoms with Gasteiger partial charge in [-0.25, -0.2) is 9.97 Å². The Kier molecular flexibility index (Phi) is 7.68. The molecule has 9 heteroatoms. The van der Waals surface area contributed by atoms with Gasteiger partial charge < -0.3 is 10.1 Å². The molecule has 4 aromatic rings. The number of nitrogens with zero attached hydrogens (tertiary/aromatic N) is 3. The van der Waals surface area contributed by atoms with Crippen LogP contribution in [0.3, 0.4) is 0 Å². The van der Waals surface area contributed by atoms with Crippen LogP contribution in [0.25, 0.3) is 17.1 Å². The van der Waals surface area contributed by atoms with E-state index in [-0.39, 0.29) is 5.69 Å². The van der Waals surface area contributed by atoms with Crippen molar-refractivity contribution in [3.8, 4) is 22.8 Å². The third-order valence-corrected chi connectivity index (χ3v) is 5.84. The molecule has 4 rings (SSSR count). The summed E-state index contributed by atoms with van der Waals surface area (Å²) in [6, 6.07) is 16.0. The first-order chi connectivity index (χ1) is 16.9. The highest BCUT2D eigenvalue weighted by Crippen LogP contribution is 2.33. The van der Waals surface area contributed by atoms with E-state index in [2.05, 4.69) is 15.3 Å². The molecule has 1 N–H and O–H groups in total. The first-order valence-electron chi connectivity index (χ1n) is 11.0. The van der Waals surface area contributed by atoms with E-state index in [1.165, 1.54) is 0 Å². The second-order valence-electron chi connectivity index (χ2n) is 7.89. The molecular formula is C26H23Cl2FN4O2. The Labute approximate surface area is 212 Å². The normalized spacial score (nSPS) is 10.9. The summed E-state index contributed by atoms with van der Waals surface area (Å²) >= 11 is 12.6. The lowest BCUT2D eigenvalue weighted by molar-refractivity contribution is 0.102. The average Bonchev–Trinajstić information content (AvgIpc) is 3.18. The van der Waals surface area contributed by atoms with Crippen LogP contribution < -0.4 is 10.1 Å². The van der Waals surface area contributed by atoms with E-state index in [1.54, 1.807) is 42.6 Å². The van der Waals surface area contributed by atoms with Crippen molar-refractivity contribution in [1.29, 1.82) is 0 Å². The van der Waals surface area contributed by atoms with Gasteiger partial charge in [-0.1, -0.05) is 29.3 Å². The Morgan fingerprint density at radius 2 is 1.86 bits per heavy atom. The van der Waals surface area contributed by atoms with E-state index in [9.17, 15) is 9.18 Å². The Morgan fingerprint density at radius 1 is 1.09 bits per heavy atom. The summed E-state index contributed by atoms with van der Waals surface area (Å²) in [6.07, 6.45) is 2.01. The molecule has 0 aliphatic heterocycles. The minimum Gasteiger partial charge on any atom is -0.493 e. The molecule has 180 valence electrons. The molecule has 0 fully saturated rings. The maximum Gasteiger partial charge on any atom is 0.277 e. The lowest BCUT2D eigenvalue weighted by atomic mass is 10.2. The standard InChI is InChI=1S/C26H23Cl2FN4O2/c1-16-4-11-23(30-15-16)31-26(34)24-17(2)33(19-6-8-20(9-7-19)35-13-3-12-29)25(32-24)21-10-5-18(27)14-22(21)28/h4-11,14-15H,3,12-13H2,1-2H3,(H,30,31,34). The molecule has 2 heterocycles. The van der Waals surface area contributed by atoms with Crippen molar-refractivity contribution in [3.05, 3.63) is 87.8 Å². The van der Waals surface area contributed by atoms with Gasteiger partial charge >= 0.3 is 0 Å². The number of rotatable bonds is 8. The number of aryl methyl sites for hydroxylation is 1. The van der Waals surface area contributed by atoms with Gasteiger partial charge in [0.15, 0.2) is 5.69 Å². The van der Waals surface area contributed by atoms with Crippen molar-refractivity contribution >= 4 is 34.9 Å². The monoisotopic (exact) mass is 512 g/mol. The quantitative estimate of drug-likeness (QED) is 0.262. The number of hydrogen-bond donors (Lipinski definition) is 1. The molecule has 35 heavy (non-hydrogen) atoms. The van der Waals surface area contributed by atoms with Crippen molar-refractivity contribution < 1.29 is 13.9 Å². The lowest BCUT2D eigenvalue weighted by Gasteiger charge is -2.13. The SMILES string of the molecule is Cc1ccc(NC(=O)c2nc(-c3ccc(Cl)cc3Cl)n(-c3ccc(OCCCF)cc3)c2C)nc1. The third kappa shape index (κ3) is 5.63. The van der Waals surface area contributed by atoms with E-state index in [0.29, 0.717) is 51.7 Å². The number of carbonyl (C=O) groups excluding carboxylic acids is 1. The van der Waals surface area contributed by atoms with Crippen molar-refractivity contribution in [2.75, 3.05) is 18.6 Å². The van der Waals surface area contributed by atoms with E-state index >= 15 is 0 Å². The van der Waals surface area contributed by atoms with Crippen LogP contribution in [-0.4, -0.2) is 33.7 Å². The third-order valence-electron chi connectivity index (χ3n) is 5.29. The average molecular weight is 513 g/mol. The van der Waals surface area contributed by atoms with Gasteiger partial charge in [0.05, 0.1) is 24.0 Å². The Balaban J connectivity index is 1.75. The molecule has 0 spiro atoms. The first kappa shape index (κ1) is 24.7. The number of nitrogens with one attached hydrogen (secondary N) is 1. The summed E-state index contributed by atoms with van der Waals surface area (Å²) in [7, 11) is 0. The highest BCUT2D eigenvalue weighted by molar-refractivity contribution is 6.36. The van der Waals surface area contributed by atoms with E-state index in [4.69, 9.17) is 27.9 Å². The molecule has 0 atom stereocenters. The zero-order valence-corrected chi connectivity index (χ0v) is 20.7. The minimum absolute atomic E-state index is 0.233. The summed E-state index contributed by atoms with van der Waals surface area (Å²) in [5.41, 5.74) is 3.20. The van der Waals surface area contributed by atoms with Crippen LogP contribution in [0.1, 0.15) is 28.2 Å². The van der Waals surface area contributed by atoms with E-state index in [0.717, 1.165) is 11.3 Å². The maximum atomic E-state index is 13.2. The van der Waals surface area contributed by atoms with Gasteiger partial charge in [0.2, 0.25) is 0 Å². The summed E-state index contributed by atoms with van der Waals surface area (Å²) in [5, 5.41) is 3.70. The topological polar surface area (TPSA) is 69.0 Å². The largest absolute Gasteiger partial charge is 0.493 e. The van der Waals surface area contributed by atoms with Crippen molar-refractivity contribution in [2.45, 2.75) is 20.3 Å². The van der Waals surface area contributed by atoms with Gasteiger partial charge in [0.25, 0.3) is 5.91 Å². The fourth-order valence-electron chi connectivity index (χ4n) is 3.54. The number of aromatic nitrogens is 3. The van der Waals surface area contributed by atoms with Crippen LogP contribution in [0, 0.1) is 13.8 Å². The van der Waals surface area contributed by atoms with E-state index < -0.39 is 12.6 Å². The van der Waals surface area contributed by atoms with Crippen molar-refractivity contribution in [2.24, 2.45) is 0 Å². The predicted octanol–water partition coefficient (Wildman–Crippen LogP) is 6.85. The molecule has 0 aliphatic carbocycles. The minimum atomic E-state index is -0.430. The molecule has 2 aromatic heterocycles.